The number of hydrogen-bond donors (Lipinski definition) is 7. The Balaban J connectivity index is 0.000000117. The first kappa shape index (κ1) is 72.7. The molecular weight excluding hydrogens is 1460 g/mol. The third-order valence-corrected chi connectivity index (χ3v) is 18.9. The Morgan fingerprint density at radius 1 is 0.306 bits per heavy atom. The van der Waals surface area contributed by atoms with Crippen molar-refractivity contribution in [3.63, 3.8) is 0 Å². The van der Waals surface area contributed by atoms with Crippen LogP contribution in [0.4, 0.5) is 11.6 Å². The number of halogens is 5. The van der Waals surface area contributed by atoms with Gasteiger partial charge in [0.1, 0.15) is 35.5 Å². The largest absolute Gasteiger partial charge is 0.362 e. The van der Waals surface area contributed by atoms with E-state index in [0.29, 0.717) is 85.5 Å². The fourth-order valence-electron chi connectivity index (χ4n) is 11.9. The summed E-state index contributed by atoms with van der Waals surface area (Å²) in [6.45, 7) is 9.60. The number of H-pyrrole nitrogens is 3. The molecule has 0 aliphatic carbocycles. The van der Waals surface area contributed by atoms with Crippen LogP contribution in [0, 0.1) is 27.7 Å². The second-order valence-electron chi connectivity index (χ2n) is 24.3. The molecule has 18 rings (SSSR count). The zero-order chi connectivity index (χ0) is 74.8. The van der Waals surface area contributed by atoms with Gasteiger partial charge in [-0.05, 0) is 98.5 Å². The topological polar surface area (TPSA) is 343 Å². The maximum Gasteiger partial charge on any atom is 0.182 e. The van der Waals surface area contributed by atoms with Crippen molar-refractivity contribution < 1.29 is 0 Å². The number of aryl methyl sites for hydroxylation is 4. The molecule has 0 atom stereocenters. The van der Waals surface area contributed by atoms with Gasteiger partial charge in [0, 0.05) is 35.3 Å². The molecular formula is C79H63Cl5N24. The van der Waals surface area contributed by atoms with Crippen molar-refractivity contribution in [2.75, 3.05) is 10.6 Å². The molecule has 0 aliphatic heterocycles. The summed E-state index contributed by atoms with van der Waals surface area (Å²) in [5.74, 6) is 1.31. The Kier molecular flexibility index (Phi) is 22.2. The van der Waals surface area contributed by atoms with Crippen LogP contribution in [0.3, 0.4) is 0 Å². The molecule has 0 radical (unpaired) electrons. The molecule has 108 heavy (non-hydrogen) atoms. The van der Waals surface area contributed by atoms with E-state index in [1.54, 1.807) is 12.7 Å². The molecule has 10 aromatic heterocycles. The van der Waals surface area contributed by atoms with Gasteiger partial charge in [0.2, 0.25) is 0 Å². The van der Waals surface area contributed by atoms with E-state index in [1.807, 2.05) is 198 Å². The molecule has 29 heteroatoms. The molecule has 18 aromatic rings. The smallest absolute Gasteiger partial charge is 0.182 e. The Labute approximate surface area is 641 Å². The van der Waals surface area contributed by atoms with Gasteiger partial charge in [0.15, 0.2) is 33.7 Å². The third kappa shape index (κ3) is 15.8. The van der Waals surface area contributed by atoms with E-state index >= 15 is 0 Å². The SMILES string of the molecule is Cc1cccc2nc(-c3ccccc3Cl)c(CN)nc12.Cc1cccc2nc(-c3ccccc3Cl)c(CNc3ncnc4nc[nH]c34)nc12.Cc1cccc2nc(CN)c(-c3ccccc3Cl)nc12.Cc1cccc2nc(CNc3ncnc4nc[nH]c34)c(-c3ccccc3Cl)nc12.Clc1ncnc2nc[nH]c12. The number of para-hydroxylation sites is 4. The first-order chi connectivity index (χ1) is 52.7. The summed E-state index contributed by atoms with van der Waals surface area (Å²) < 4.78 is 0. The van der Waals surface area contributed by atoms with Crippen molar-refractivity contribution in [2.24, 2.45) is 11.5 Å². The lowest BCUT2D eigenvalue weighted by Crippen LogP contribution is -2.08. The summed E-state index contributed by atoms with van der Waals surface area (Å²) in [5, 5.41) is 9.65. The highest BCUT2D eigenvalue weighted by atomic mass is 35.5. The number of nitrogens with zero attached hydrogens (tertiary/aromatic N) is 17. The van der Waals surface area contributed by atoms with Gasteiger partial charge in [0.05, 0.1) is 142 Å². The molecule has 0 saturated heterocycles. The van der Waals surface area contributed by atoms with Gasteiger partial charge in [-0.25, -0.2) is 84.7 Å². The number of aromatic amines is 3. The normalized spacial score (nSPS) is 11.1. The summed E-state index contributed by atoms with van der Waals surface area (Å²) in [6.07, 6.45) is 9.07. The molecule has 0 spiro atoms. The number of imidazole rings is 3. The van der Waals surface area contributed by atoms with Crippen LogP contribution in [0.2, 0.25) is 25.2 Å². The minimum atomic E-state index is 0.331. The fraction of sp³-hybridized carbons (Fsp3) is 0.101. The summed E-state index contributed by atoms with van der Waals surface area (Å²) in [6, 6.07) is 54.4. The maximum atomic E-state index is 6.48. The highest BCUT2D eigenvalue weighted by molar-refractivity contribution is 6.35. The molecule has 0 amide bonds. The highest BCUT2D eigenvalue weighted by Crippen LogP contribution is 2.36. The molecule has 534 valence electrons. The second-order valence-corrected chi connectivity index (χ2v) is 26.3. The average Bonchev–Trinajstić information content (AvgIpc) is 1.55. The average molecular weight is 1530 g/mol. The van der Waals surface area contributed by atoms with E-state index in [-0.39, 0.29) is 0 Å². The minimum absolute atomic E-state index is 0.331. The van der Waals surface area contributed by atoms with Gasteiger partial charge in [-0.1, -0.05) is 179 Å². The second kappa shape index (κ2) is 33.0. The summed E-state index contributed by atoms with van der Waals surface area (Å²) >= 11 is 31.2. The standard InChI is InChI=1S/2C21H16ClN7.2C16H14ClN3.C5H3ClN4/c1-12-5-4-8-15-17(12)29-16(18(28-15)13-6-2-3-7-14(13)22)9-23-20-19-21(25-10-24-19)27-11-26-20;1-12-5-4-8-15-17(12)29-18(13-6-2-3-7-14(13)22)16(28-15)9-23-20-19-21(25-10-24-19)27-11-26-20;1-10-5-4-8-13-15(10)20-14(9-18)16(19-13)11-6-2-3-7-12(11)17;1-10-5-4-8-13-15(10)20-16(14(9-18)19-13)11-6-2-3-7-12(11)17;6-4-3-5(9-1-7-3)10-2-8-4/h2*2-8,10-11H,9H2,1H3,(H2,23,24,25,26,27);2*2-8H,9,18H2,1H3;1-2H,(H,7,8,9,10). The fourth-order valence-corrected chi connectivity index (χ4v) is 13.0. The van der Waals surface area contributed by atoms with Crippen molar-refractivity contribution in [1.29, 1.82) is 0 Å². The Morgan fingerprint density at radius 3 is 1.01 bits per heavy atom. The quantitative estimate of drug-likeness (QED) is 0.0559. The van der Waals surface area contributed by atoms with Crippen molar-refractivity contribution >= 4 is 147 Å². The van der Waals surface area contributed by atoms with Gasteiger partial charge in [-0.2, -0.15) is 0 Å². The number of nitrogens with one attached hydrogen (secondary N) is 5. The molecule has 24 nitrogen and oxygen atoms in total. The van der Waals surface area contributed by atoms with Crippen molar-refractivity contribution in [3.8, 4) is 45.0 Å². The monoisotopic (exact) mass is 1520 g/mol. The Morgan fingerprint density at radius 2 is 0.611 bits per heavy atom. The lowest BCUT2D eigenvalue weighted by Gasteiger charge is -2.13. The van der Waals surface area contributed by atoms with Gasteiger partial charge in [-0.3, -0.25) is 0 Å². The number of benzene rings is 8. The third-order valence-electron chi connectivity index (χ3n) is 17.2. The molecule has 9 N–H and O–H groups in total. The lowest BCUT2D eigenvalue weighted by atomic mass is 10.1. The molecule has 0 bridgehead atoms. The van der Waals surface area contributed by atoms with E-state index in [2.05, 4.69) is 80.4 Å². The number of aromatic nitrogens is 20. The Hall–Kier alpha value is -12.3. The summed E-state index contributed by atoms with van der Waals surface area (Å²) in [7, 11) is 0. The predicted molar refractivity (Wildman–Crippen MR) is 429 cm³/mol. The van der Waals surface area contributed by atoms with Crippen LogP contribution in [0.5, 0.6) is 0 Å². The van der Waals surface area contributed by atoms with Crippen LogP contribution in [0.25, 0.3) is 123 Å². The van der Waals surface area contributed by atoms with E-state index in [0.717, 1.165) is 145 Å². The number of nitrogens with two attached hydrogens (primary N) is 2. The van der Waals surface area contributed by atoms with E-state index in [9.17, 15) is 0 Å². The first-order valence-electron chi connectivity index (χ1n) is 33.7. The van der Waals surface area contributed by atoms with E-state index < -0.39 is 0 Å². The molecule has 0 unspecified atom stereocenters. The van der Waals surface area contributed by atoms with Gasteiger partial charge in [0.25, 0.3) is 0 Å². The number of rotatable bonds is 12. The molecule has 10 heterocycles. The van der Waals surface area contributed by atoms with Crippen LogP contribution in [0.1, 0.15) is 45.0 Å². The molecule has 0 aliphatic rings. The predicted octanol–water partition coefficient (Wildman–Crippen LogP) is 17.5. The van der Waals surface area contributed by atoms with Gasteiger partial charge < -0.3 is 37.1 Å². The summed E-state index contributed by atoms with van der Waals surface area (Å²) in [4.78, 5) is 84.1. The van der Waals surface area contributed by atoms with Crippen molar-refractivity contribution in [2.45, 2.75) is 53.9 Å². The van der Waals surface area contributed by atoms with Crippen molar-refractivity contribution in [3.05, 3.63) is 278 Å². The Bertz CT molecular complexity index is 6310. The first-order valence-corrected chi connectivity index (χ1v) is 35.6. The van der Waals surface area contributed by atoms with Crippen LogP contribution in [-0.2, 0) is 26.2 Å². The van der Waals surface area contributed by atoms with Crippen LogP contribution in [0.15, 0.2) is 208 Å². The molecule has 0 saturated carbocycles. The van der Waals surface area contributed by atoms with E-state index in [4.69, 9.17) is 99.4 Å². The van der Waals surface area contributed by atoms with Crippen LogP contribution >= 0.6 is 58.0 Å². The van der Waals surface area contributed by atoms with E-state index in [1.165, 1.54) is 25.3 Å². The molecule has 8 aromatic carbocycles. The zero-order valence-electron chi connectivity index (χ0n) is 58.1. The molecule has 0 fully saturated rings. The number of anilines is 2. The number of hydrogen-bond acceptors (Lipinski definition) is 21. The number of fused-ring (bicyclic) bond motifs is 7. The maximum absolute atomic E-state index is 6.48. The van der Waals surface area contributed by atoms with Crippen LogP contribution < -0.4 is 22.1 Å². The van der Waals surface area contributed by atoms with Crippen LogP contribution in [-0.4, -0.2) is 99.7 Å². The highest BCUT2D eigenvalue weighted by Gasteiger charge is 2.20. The summed E-state index contributed by atoms with van der Waals surface area (Å²) in [5.41, 5.74) is 36.4. The van der Waals surface area contributed by atoms with Gasteiger partial charge in [-0.15, -0.1) is 0 Å². The zero-order valence-corrected chi connectivity index (χ0v) is 61.9. The lowest BCUT2D eigenvalue weighted by molar-refractivity contribution is 0.990. The van der Waals surface area contributed by atoms with Crippen molar-refractivity contribution in [1.82, 2.24) is 99.7 Å². The minimum Gasteiger partial charge on any atom is -0.362 e. The van der Waals surface area contributed by atoms with Gasteiger partial charge >= 0.3 is 0 Å².